The molecule has 160 valence electrons. The number of hydrogen-bond acceptors (Lipinski definition) is 2. The Balaban J connectivity index is 1.41. The maximum absolute atomic E-state index is 13.1. The van der Waals surface area contributed by atoms with E-state index in [-0.39, 0.29) is 11.9 Å². The summed E-state index contributed by atoms with van der Waals surface area (Å²) in [6.07, 6.45) is 0. The molecule has 1 heterocycles. The molecular weight excluding hydrogens is 382 g/mol. The lowest BCUT2D eigenvalue weighted by molar-refractivity contribution is -0.914. The molecule has 3 aromatic carbocycles. The van der Waals surface area contributed by atoms with Crippen molar-refractivity contribution >= 4 is 17.3 Å². The van der Waals surface area contributed by atoms with Gasteiger partial charge in [-0.1, -0.05) is 60.7 Å². The Kier molecular flexibility index (Phi) is 6.38. The van der Waals surface area contributed by atoms with E-state index in [0.717, 1.165) is 43.0 Å². The quantitative estimate of drug-likeness (QED) is 0.668. The Morgan fingerprint density at radius 2 is 1.58 bits per heavy atom. The smallest absolute Gasteiger partial charge is 0.282 e. The number of nitrogens with one attached hydrogen (secondary N) is 2. The molecule has 0 unspecified atom stereocenters. The minimum atomic E-state index is -0.0930. The fourth-order valence-corrected chi connectivity index (χ4v) is 4.43. The number of amides is 1. The molecule has 1 fully saturated rings. The second-order valence-electron chi connectivity index (χ2n) is 8.49. The largest absolute Gasteiger partial charge is 0.360 e. The maximum atomic E-state index is 13.1. The lowest BCUT2D eigenvalue weighted by Gasteiger charge is -2.36. The van der Waals surface area contributed by atoms with Gasteiger partial charge in [0.15, 0.2) is 6.04 Å². The summed E-state index contributed by atoms with van der Waals surface area (Å²) < 4.78 is 0. The minimum absolute atomic E-state index is 0.0820. The Labute approximate surface area is 185 Å². The third-order valence-corrected chi connectivity index (χ3v) is 6.60. The van der Waals surface area contributed by atoms with Crippen molar-refractivity contribution in [2.75, 3.05) is 36.4 Å². The van der Waals surface area contributed by atoms with Crippen LogP contribution in [0.5, 0.6) is 0 Å². The molecule has 4 rings (SSSR count). The van der Waals surface area contributed by atoms with E-state index >= 15 is 0 Å². The molecule has 31 heavy (non-hydrogen) atoms. The normalized spacial score (nSPS) is 15.5. The molecule has 0 saturated carbocycles. The van der Waals surface area contributed by atoms with Crippen LogP contribution in [0.4, 0.5) is 11.4 Å². The number of quaternary nitrogens is 1. The molecule has 3 aromatic rings. The van der Waals surface area contributed by atoms with Crippen LogP contribution in [0.1, 0.15) is 18.1 Å². The van der Waals surface area contributed by atoms with Gasteiger partial charge >= 0.3 is 0 Å². The first-order valence-corrected chi connectivity index (χ1v) is 11.2. The first kappa shape index (κ1) is 21.1. The van der Waals surface area contributed by atoms with Gasteiger partial charge in [0.25, 0.3) is 5.91 Å². The molecule has 0 aliphatic carbocycles. The van der Waals surface area contributed by atoms with E-state index in [9.17, 15) is 4.79 Å². The molecule has 1 amide bonds. The Hall–Kier alpha value is -3.11. The van der Waals surface area contributed by atoms with Crippen molar-refractivity contribution in [2.24, 2.45) is 0 Å². The van der Waals surface area contributed by atoms with Crippen molar-refractivity contribution in [3.63, 3.8) is 0 Å². The maximum Gasteiger partial charge on any atom is 0.282 e. The number of aryl methyl sites for hydroxylation is 1. The van der Waals surface area contributed by atoms with Gasteiger partial charge in [-0.15, -0.1) is 0 Å². The number of carbonyl (C=O) groups excluding carboxylic acids is 1. The van der Waals surface area contributed by atoms with Crippen LogP contribution >= 0.6 is 0 Å². The summed E-state index contributed by atoms with van der Waals surface area (Å²) in [6.45, 7) is 10.3. The van der Waals surface area contributed by atoms with Crippen LogP contribution in [-0.2, 0) is 4.79 Å². The molecule has 2 N–H and O–H groups in total. The van der Waals surface area contributed by atoms with Gasteiger partial charge < -0.3 is 15.1 Å². The lowest BCUT2D eigenvalue weighted by atomic mass is 10.0. The highest BCUT2D eigenvalue weighted by molar-refractivity contribution is 5.97. The first-order valence-electron chi connectivity index (χ1n) is 11.2. The summed E-state index contributed by atoms with van der Waals surface area (Å²) >= 11 is 0. The number of nitrogens with zero attached hydrogens (tertiary/aromatic N) is 1. The van der Waals surface area contributed by atoms with Gasteiger partial charge in [0.05, 0.1) is 26.2 Å². The predicted octanol–water partition coefficient (Wildman–Crippen LogP) is 3.70. The number of para-hydroxylation sites is 1. The third-order valence-electron chi connectivity index (χ3n) is 6.60. The van der Waals surface area contributed by atoms with E-state index < -0.39 is 0 Å². The van der Waals surface area contributed by atoms with E-state index in [4.69, 9.17) is 0 Å². The van der Waals surface area contributed by atoms with E-state index in [1.165, 1.54) is 21.7 Å². The first-order chi connectivity index (χ1) is 15.0. The summed E-state index contributed by atoms with van der Waals surface area (Å²) in [6, 6.07) is 24.7. The summed E-state index contributed by atoms with van der Waals surface area (Å²) in [7, 11) is 0. The van der Waals surface area contributed by atoms with Crippen molar-refractivity contribution in [2.45, 2.75) is 26.8 Å². The highest BCUT2D eigenvalue weighted by Gasteiger charge is 2.30. The molecular formula is C27H32N3O+. The summed E-state index contributed by atoms with van der Waals surface area (Å²) in [5, 5.41) is 3.19. The number of benzene rings is 3. The second kappa shape index (κ2) is 9.36. The highest BCUT2D eigenvalue weighted by atomic mass is 16.2. The van der Waals surface area contributed by atoms with E-state index in [1.54, 1.807) is 0 Å². The molecule has 0 spiro atoms. The molecule has 1 aliphatic heterocycles. The van der Waals surface area contributed by atoms with Gasteiger partial charge in [-0.05, 0) is 49.6 Å². The number of carbonyl (C=O) groups is 1. The van der Waals surface area contributed by atoms with Gasteiger partial charge in [-0.2, -0.15) is 0 Å². The van der Waals surface area contributed by atoms with Gasteiger partial charge in [0.1, 0.15) is 0 Å². The third kappa shape index (κ3) is 4.64. The molecule has 1 atom stereocenters. The van der Waals surface area contributed by atoms with Crippen LogP contribution in [0.3, 0.4) is 0 Å². The zero-order chi connectivity index (χ0) is 21.8. The summed E-state index contributed by atoms with van der Waals surface area (Å²) in [5.41, 5.74) is 7.05. The number of anilines is 2. The Bertz CT molecular complexity index is 1040. The van der Waals surface area contributed by atoms with Crippen LogP contribution < -0.4 is 15.1 Å². The molecule has 0 bridgehead atoms. The summed E-state index contributed by atoms with van der Waals surface area (Å²) in [5.74, 6) is 0.0820. The van der Waals surface area contributed by atoms with Crippen LogP contribution in [0.2, 0.25) is 0 Å². The lowest BCUT2D eigenvalue weighted by Crippen LogP contribution is -3.19. The molecule has 1 aliphatic rings. The van der Waals surface area contributed by atoms with Gasteiger partial charge in [0.2, 0.25) is 0 Å². The predicted molar refractivity (Wildman–Crippen MR) is 129 cm³/mol. The SMILES string of the molecule is Cc1cccc(N2CC[NH+]([C@@H](C)C(=O)Nc3ccccc3-c3ccccc3)CC2)c1C. The second-order valence-corrected chi connectivity index (χ2v) is 8.49. The fraction of sp³-hybridized carbons (Fsp3) is 0.296. The molecule has 4 nitrogen and oxygen atoms in total. The summed E-state index contributed by atoms with van der Waals surface area (Å²) in [4.78, 5) is 16.9. The van der Waals surface area contributed by atoms with E-state index in [2.05, 4.69) is 60.5 Å². The van der Waals surface area contributed by atoms with Crippen molar-refractivity contribution in [1.82, 2.24) is 0 Å². The van der Waals surface area contributed by atoms with Crippen LogP contribution in [0.15, 0.2) is 72.8 Å². The van der Waals surface area contributed by atoms with Crippen molar-refractivity contribution < 1.29 is 9.69 Å². The fourth-order valence-electron chi connectivity index (χ4n) is 4.43. The zero-order valence-corrected chi connectivity index (χ0v) is 18.7. The molecule has 4 heteroatoms. The zero-order valence-electron chi connectivity index (χ0n) is 18.7. The Morgan fingerprint density at radius 3 is 2.32 bits per heavy atom. The van der Waals surface area contributed by atoms with Crippen molar-refractivity contribution in [1.29, 1.82) is 0 Å². The topological polar surface area (TPSA) is 36.8 Å². The molecule has 1 saturated heterocycles. The van der Waals surface area contributed by atoms with Crippen LogP contribution in [-0.4, -0.2) is 38.1 Å². The number of piperazine rings is 1. The van der Waals surface area contributed by atoms with Gasteiger partial charge in [-0.3, -0.25) is 4.79 Å². The monoisotopic (exact) mass is 414 g/mol. The van der Waals surface area contributed by atoms with E-state index in [1.807, 2.05) is 43.3 Å². The van der Waals surface area contributed by atoms with E-state index in [0.29, 0.717) is 0 Å². The van der Waals surface area contributed by atoms with Crippen molar-refractivity contribution in [3.8, 4) is 11.1 Å². The standard InChI is InChI=1S/C27H31N3O/c1-20-10-9-15-26(21(20)2)30-18-16-29(17-19-30)22(3)27(31)28-25-14-8-7-13-24(25)23-11-5-4-6-12-23/h4-15,22H,16-19H2,1-3H3,(H,28,31)/p+1/t22-/m0/s1. The average Bonchev–Trinajstić information content (AvgIpc) is 2.81. The minimum Gasteiger partial charge on any atom is -0.360 e. The highest BCUT2D eigenvalue weighted by Crippen LogP contribution is 2.27. The van der Waals surface area contributed by atoms with Crippen LogP contribution in [0.25, 0.3) is 11.1 Å². The van der Waals surface area contributed by atoms with Crippen LogP contribution in [0, 0.1) is 13.8 Å². The number of hydrogen-bond donors (Lipinski definition) is 2. The van der Waals surface area contributed by atoms with Gasteiger partial charge in [-0.25, -0.2) is 0 Å². The van der Waals surface area contributed by atoms with Crippen molar-refractivity contribution in [3.05, 3.63) is 83.9 Å². The Morgan fingerprint density at radius 1 is 0.903 bits per heavy atom. The molecule has 0 aromatic heterocycles. The molecule has 0 radical (unpaired) electrons. The van der Waals surface area contributed by atoms with Gasteiger partial charge in [0, 0.05) is 16.9 Å². The average molecular weight is 415 g/mol. The number of rotatable bonds is 5.